The number of phenols is 7. The maximum atomic E-state index is 12.5. The third-order valence-electron chi connectivity index (χ3n) is 15.1. The van der Waals surface area contributed by atoms with Gasteiger partial charge in [0.15, 0.2) is 0 Å². The Morgan fingerprint density at radius 3 is 0.789 bits per heavy atom. The molecule has 0 spiro atoms. The molecular weight excluding hydrogens is 941 g/mol. The molecule has 7 aromatic carbocycles. The number of hydrogen-bond acceptors (Lipinski definition) is 7. The van der Waals surface area contributed by atoms with E-state index in [1.807, 2.05) is 42.5 Å². The second kappa shape index (κ2) is 26.8. The molecule has 0 aromatic heterocycles. The van der Waals surface area contributed by atoms with E-state index >= 15 is 0 Å². The summed E-state index contributed by atoms with van der Waals surface area (Å²) in [4.78, 5) is 0. The Morgan fingerprint density at radius 2 is 0.474 bits per heavy atom. The standard InChI is InChI=1S/C69H84O7/c1-8-15-44-22-25-63(70)51(28-44)38-53-30-46(17-10-3)32-55(66(53)73)40-57-34-48(19-12-5)36-59(68(57)75)42-61-50(21-14-7)24-27-65(72)62(61)43-60-37-49(20-13-6)35-58(69(60)76)41-56-33-47(18-11-4)31-54(67(56)74)39-52-29-45(16-9-2)23-26-64(52)71/h22-37,70-76H,8-21,38-43H2,1-7H3. The van der Waals surface area contributed by atoms with Gasteiger partial charge in [0.2, 0.25) is 0 Å². The summed E-state index contributed by atoms with van der Waals surface area (Å²) in [5, 5.41) is 82.7. The minimum absolute atomic E-state index is 0.124. The maximum Gasteiger partial charge on any atom is 0.122 e. The van der Waals surface area contributed by atoms with Crippen molar-refractivity contribution in [2.24, 2.45) is 0 Å². The summed E-state index contributed by atoms with van der Waals surface area (Å²) in [6.45, 7) is 15.0. The first kappa shape index (κ1) is 56.9. The number of hydrogen-bond donors (Lipinski definition) is 7. The van der Waals surface area contributed by atoms with E-state index in [2.05, 4.69) is 84.9 Å². The Balaban J connectivity index is 1.27. The molecule has 7 aromatic rings. The molecular formula is C69H84O7. The van der Waals surface area contributed by atoms with Gasteiger partial charge >= 0.3 is 0 Å². The van der Waals surface area contributed by atoms with Gasteiger partial charge in [-0.3, -0.25) is 0 Å². The summed E-state index contributed by atoms with van der Waals surface area (Å²) in [5.41, 5.74) is 16.6. The molecule has 0 atom stereocenters. The van der Waals surface area contributed by atoms with Crippen LogP contribution in [0.15, 0.2) is 97.1 Å². The van der Waals surface area contributed by atoms with Crippen LogP contribution >= 0.6 is 0 Å². The fourth-order valence-electron chi connectivity index (χ4n) is 11.4. The van der Waals surface area contributed by atoms with Gasteiger partial charge in [0.25, 0.3) is 0 Å². The second-order valence-corrected chi connectivity index (χ2v) is 21.5. The van der Waals surface area contributed by atoms with Crippen LogP contribution < -0.4 is 0 Å². The molecule has 0 amide bonds. The summed E-state index contributed by atoms with van der Waals surface area (Å²) in [7, 11) is 0. The first-order chi connectivity index (χ1) is 36.7. The zero-order chi connectivity index (χ0) is 54.5. The molecule has 7 N–H and O–H groups in total. The number of aromatic hydroxyl groups is 7. The summed E-state index contributed by atoms with van der Waals surface area (Å²) in [5.74, 6) is 1.16. The van der Waals surface area contributed by atoms with Gasteiger partial charge in [-0.15, -0.1) is 0 Å². The van der Waals surface area contributed by atoms with Gasteiger partial charge in [0.1, 0.15) is 40.2 Å². The van der Waals surface area contributed by atoms with Crippen molar-refractivity contribution in [3.8, 4) is 40.2 Å². The van der Waals surface area contributed by atoms with Crippen molar-refractivity contribution in [1.82, 2.24) is 0 Å². The van der Waals surface area contributed by atoms with Gasteiger partial charge in [-0.2, -0.15) is 0 Å². The van der Waals surface area contributed by atoms with Gasteiger partial charge in [-0.1, -0.05) is 172 Å². The molecule has 76 heavy (non-hydrogen) atoms. The molecule has 7 heteroatoms. The maximum absolute atomic E-state index is 12.5. The SMILES string of the molecule is CCCc1ccc(O)c(Cc2cc(CCC)cc(Cc3cc(CCC)cc(Cc4c(O)ccc(CCC)c4Cc4cc(CCC)cc(Cc5cc(CCC)cc(Cc6cc(CCC)ccc6O)c5O)c4O)c3O)c2O)c1. The van der Waals surface area contributed by atoms with Crippen molar-refractivity contribution < 1.29 is 35.7 Å². The molecule has 0 bridgehead atoms. The molecule has 0 aliphatic heterocycles. The number of rotatable bonds is 26. The Kier molecular flexibility index (Phi) is 20.0. The number of phenolic OH excluding ortho intramolecular Hbond substituents is 7. The number of aryl methyl sites for hydroxylation is 7. The molecule has 0 unspecified atom stereocenters. The topological polar surface area (TPSA) is 142 Å². The van der Waals surface area contributed by atoms with E-state index in [0.717, 1.165) is 168 Å². The highest BCUT2D eigenvalue weighted by Crippen LogP contribution is 2.41. The van der Waals surface area contributed by atoms with E-state index in [0.29, 0.717) is 53.5 Å². The largest absolute Gasteiger partial charge is 0.508 e. The first-order valence-electron chi connectivity index (χ1n) is 28.5. The molecule has 0 fully saturated rings. The fraction of sp³-hybridized carbons (Fsp3) is 0.391. The molecule has 0 aliphatic carbocycles. The van der Waals surface area contributed by atoms with Crippen LogP contribution in [0.4, 0.5) is 0 Å². The molecule has 0 saturated carbocycles. The van der Waals surface area contributed by atoms with Gasteiger partial charge in [0, 0.05) is 44.1 Å². The smallest absolute Gasteiger partial charge is 0.122 e. The predicted octanol–water partition coefficient (Wildman–Crippen LogP) is 15.8. The van der Waals surface area contributed by atoms with Crippen molar-refractivity contribution >= 4 is 0 Å². The van der Waals surface area contributed by atoms with Crippen molar-refractivity contribution in [2.45, 2.75) is 177 Å². The highest BCUT2D eigenvalue weighted by atomic mass is 16.3. The van der Waals surface area contributed by atoms with E-state index in [1.165, 1.54) is 0 Å². The summed E-state index contributed by atoms with van der Waals surface area (Å²) in [6, 6.07) is 31.7. The average molecular weight is 1030 g/mol. The Morgan fingerprint density at radius 1 is 0.224 bits per heavy atom. The summed E-state index contributed by atoms with van der Waals surface area (Å²) >= 11 is 0. The Hall–Kier alpha value is -6.86. The average Bonchev–Trinajstić information content (AvgIpc) is 3.38. The minimum Gasteiger partial charge on any atom is -0.508 e. The van der Waals surface area contributed by atoms with Crippen LogP contribution in [0.2, 0.25) is 0 Å². The van der Waals surface area contributed by atoms with Crippen molar-refractivity contribution in [2.75, 3.05) is 0 Å². The first-order valence-corrected chi connectivity index (χ1v) is 28.5. The zero-order valence-electron chi connectivity index (χ0n) is 46.5. The lowest BCUT2D eigenvalue weighted by atomic mass is 9.85. The van der Waals surface area contributed by atoms with Crippen LogP contribution in [-0.2, 0) is 83.5 Å². The molecule has 0 saturated heterocycles. The summed E-state index contributed by atoms with van der Waals surface area (Å²) < 4.78 is 0. The van der Waals surface area contributed by atoms with Gasteiger partial charge in [-0.05, 0) is 163 Å². The quantitative estimate of drug-likeness (QED) is 0.0286. The lowest BCUT2D eigenvalue weighted by Gasteiger charge is -2.21. The van der Waals surface area contributed by atoms with Crippen molar-refractivity contribution in [3.05, 3.63) is 203 Å². The van der Waals surface area contributed by atoms with Crippen LogP contribution in [0.5, 0.6) is 40.2 Å². The number of benzene rings is 7. The van der Waals surface area contributed by atoms with Gasteiger partial charge in [0.05, 0.1) is 0 Å². The van der Waals surface area contributed by atoms with E-state index < -0.39 is 0 Å². The highest BCUT2D eigenvalue weighted by molar-refractivity contribution is 5.58. The molecule has 0 radical (unpaired) electrons. The highest BCUT2D eigenvalue weighted by Gasteiger charge is 2.23. The molecule has 402 valence electrons. The van der Waals surface area contributed by atoms with Gasteiger partial charge in [-0.25, -0.2) is 0 Å². The van der Waals surface area contributed by atoms with Crippen molar-refractivity contribution in [1.29, 1.82) is 0 Å². The lowest BCUT2D eigenvalue weighted by Crippen LogP contribution is -2.06. The van der Waals surface area contributed by atoms with E-state index in [9.17, 15) is 35.7 Å². The van der Waals surface area contributed by atoms with Gasteiger partial charge < -0.3 is 35.7 Å². The predicted molar refractivity (Wildman–Crippen MR) is 312 cm³/mol. The third kappa shape index (κ3) is 13.9. The normalized spacial score (nSPS) is 11.5. The monoisotopic (exact) mass is 1020 g/mol. The Bertz CT molecular complexity index is 3110. The summed E-state index contributed by atoms with van der Waals surface area (Å²) in [6.07, 6.45) is 14.2. The molecule has 0 heterocycles. The van der Waals surface area contributed by atoms with E-state index in [4.69, 9.17) is 0 Å². The zero-order valence-corrected chi connectivity index (χ0v) is 46.5. The minimum atomic E-state index is 0.124. The van der Waals surface area contributed by atoms with Crippen molar-refractivity contribution in [3.63, 3.8) is 0 Å². The fourth-order valence-corrected chi connectivity index (χ4v) is 11.4. The van der Waals surface area contributed by atoms with Crippen LogP contribution in [-0.4, -0.2) is 35.7 Å². The van der Waals surface area contributed by atoms with Crippen LogP contribution in [0.3, 0.4) is 0 Å². The molecule has 7 nitrogen and oxygen atoms in total. The molecule has 7 rings (SSSR count). The van der Waals surface area contributed by atoms with Crippen LogP contribution in [0, 0.1) is 0 Å². The van der Waals surface area contributed by atoms with E-state index in [-0.39, 0.29) is 53.1 Å². The second-order valence-electron chi connectivity index (χ2n) is 21.5. The van der Waals surface area contributed by atoms with Crippen LogP contribution in [0.25, 0.3) is 0 Å². The third-order valence-corrected chi connectivity index (χ3v) is 15.1. The Labute approximate surface area is 453 Å². The van der Waals surface area contributed by atoms with Crippen LogP contribution in [0.1, 0.15) is 199 Å². The van der Waals surface area contributed by atoms with E-state index in [1.54, 1.807) is 18.2 Å². The molecule has 0 aliphatic rings. The lowest BCUT2D eigenvalue weighted by molar-refractivity contribution is 0.452.